The van der Waals surface area contributed by atoms with Crippen molar-refractivity contribution in [2.24, 2.45) is 5.92 Å². The number of carbonyl (C=O) groups excluding carboxylic acids is 1. The average Bonchev–Trinajstić information content (AvgIpc) is 3.08. The molecule has 3 rings (SSSR count). The maximum atomic E-state index is 12.4. The number of carboxylic acid groups (broad SMARTS) is 1. The highest BCUT2D eigenvalue weighted by Crippen LogP contribution is 2.27. The maximum absolute atomic E-state index is 12.4. The number of nitrogens with one attached hydrogen (secondary N) is 1. The molecule has 1 amide bonds. The summed E-state index contributed by atoms with van der Waals surface area (Å²) in [7, 11) is 0. The number of fused-ring (bicyclic) bond motifs is 1. The molecule has 0 saturated heterocycles. The topological polar surface area (TPSA) is 66.4 Å². The van der Waals surface area contributed by atoms with Gasteiger partial charge in [0.05, 0.1) is 12.5 Å². The van der Waals surface area contributed by atoms with Crippen LogP contribution in [0.4, 0.5) is 0 Å². The highest BCUT2D eigenvalue weighted by molar-refractivity contribution is 5.88. The third-order valence-corrected chi connectivity index (χ3v) is 4.27. The zero-order chi connectivity index (χ0) is 16.2. The maximum Gasteiger partial charge on any atom is 0.305 e. The molecular weight excluding hydrogens is 290 g/mol. The lowest BCUT2D eigenvalue weighted by molar-refractivity contribution is -0.137. The molecule has 0 aromatic heterocycles. The summed E-state index contributed by atoms with van der Waals surface area (Å²) in [6, 6.07) is 13.1. The van der Waals surface area contributed by atoms with Crippen LogP contribution in [0.2, 0.25) is 0 Å². The lowest BCUT2D eigenvalue weighted by Gasteiger charge is -2.21. The summed E-state index contributed by atoms with van der Waals surface area (Å²) in [4.78, 5) is 23.7. The Bertz CT molecular complexity index is 753. The fourth-order valence-electron chi connectivity index (χ4n) is 3.09. The van der Waals surface area contributed by atoms with Crippen LogP contribution >= 0.6 is 0 Å². The van der Waals surface area contributed by atoms with E-state index in [1.54, 1.807) is 0 Å². The molecule has 0 unspecified atom stereocenters. The third kappa shape index (κ3) is 3.42. The smallest absolute Gasteiger partial charge is 0.305 e. The van der Waals surface area contributed by atoms with E-state index in [9.17, 15) is 14.7 Å². The van der Waals surface area contributed by atoms with Gasteiger partial charge in [-0.1, -0.05) is 54.6 Å². The number of amides is 1. The summed E-state index contributed by atoms with van der Waals surface area (Å²) in [5.41, 5.74) is 0.852. The van der Waals surface area contributed by atoms with Crippen LogP contribution in [0.3, 0.4) is 0 Å². The van der Waals surface area contributed by atoms with Gasteiger partial charge in [-0.2, -0.15) is 0 Å². The molecule has 4 nitrogen and oxygen atoms in total. The fourth-order valence-corrected chi connectivity index (χ4v) is 3.09. The second-order valence-electron chi connectivity index (χ2n) is 5.87. The minimum atomic E-state index is -0.923. The van der Waals surface area contributed by atoms with Gasteiger partial charge in [-0.25, -0.2) is 0 Å². The Hall–Kier alpha value is -2.62. The van der Waals surface area contributed by atoms with Crippen LogP contribution < -0.4 is 5.32 Å². The van der Waals surface area contributed by atoms with E-state index in [1.807, 2.05) is 54.6 Å². The van der Waals surface area contributed by atoms with Crippen LogP contribution in [0, 0.1) is 5.92 Å². The van der Waals surface area contributed by atoms with Crippen LogP contribution in [0.1, 0.15) is 30.9 Å². The van der Waals surface area contributed by atoms with E-state index < -0.39 is 12.0 Å². The number of hydrogen-bond acceptors (Lipinski definition) is 2. The molecule has 23 heavy (non-hydrogen) atoms. The Morgan fingerprint density at radius 2 is 1.78 bits per heavy atom. The van der Waals surface area contributed by atoms with Gasteiger partial charge in [0.25, 0.3) is 0 Å². The van der Waals surface area contributed by atoms with Crippen molar-refractivity contribution in [3.63, 3.8) is 0 Å². The highest BCUT2D eigenvalue weighted by atomic mass is 16.4. The summed E-state index contributed by atoms with van der Waals surface area (Å²) < 4.78 is 0. The number of benzene rings is 2. The van der Waals surface area contributed by atoms with Gasteiger partial charge < -0.3 is 10.4 Å². The van der Waals surface area contributed by atoms with E-state index in [0.717, 1.165) is 29.2 Å². The summed E-state index contributed by atoms with van der Waals surface area (Å²) >= 11 is 0. The summed E-state index contributed by atoms with van der Waals surface area (Å²) in [5.74, 6) is -1.08. The highest BCUT2D eigenvalue weighted by Gasteiger charge is 2.25. The van der Waals surface area contributed by atoms with Gasteiger partial charge in [-0.15, -0.1) is 0 Å². The van der Waals surface area contributed by atoms with Crippen molar-refractivity contribution < 1.29 is 14.7 Å². The Balaban J connectivity index is 1.91. The van der Waals surface area contributed by atoms with Crippen molar-refractivity contribution in [2.45, 2.75) is 25.3 Å². The van der Waals surface area contributed by atoms with Crippen LogP contribution in [-0.4, -0.2) is 17.0 Å². The molecule has 0 fully saturated rings. The molecule has 0 saturated carbocycles. The van der Waals surface area contributed by atoms with Crippen LogP contribution in [0.15, 0.2) is 54.6 Å². The molecule has 0 spiro atoms. The molecule has 0 heterocycles. The van der Waals surface area contributed by atoms with Gasteiger partial charge in [-0.05, 0) is 29.2 Å². The van der Waals surface area contributed by atoms with Crippen molar-refractivity contribution in [1.82, 2.24) is 5.32 Å². The summed E-state index contributed by atoms with van der Waals surface area (Å²) in [5, 5.41) is 14.2. The Labute approximate surface area is 134 Å². The number of aliphatic carboxylic acids is 1. The van der Waals surface area contributed by atoms with Gasteiger partial charge in [0, 0.05) is 5.92 Å². The Morgan fingerprint density at radius 3 is 2.52 bits per heavy atom. The zero-order valence-corrected chi connectivity index (χ0v) is 12.7. The first-order valence-corrected chi connectivity index (χ1v) is 7.80. The second kappa shape index (κ2) is 6.65. The van der Waals surface area contributed by atoms with Gasteiger partial charge in [0.2, 0.25) is 5.91 Å². The van der Waals surface area contributed by atoms with E-state index in [-0.39, 0.29) is 18.2 Å². The lowest BCUT2D eigenvalue weighted by atomic mass is 9.95. The number of carboxylic acids is 1. The minimum absolute atomic E-state index is 0.0748. The SMILES string of the molecule is O=C(O)C[C@@H](NC(=O)C1CC=CC1)c1cccc2ccccc12. The molecule has 2 N–H and O–H groups in total. The third-order valence-electron chi connectivity index (χ3n) is 4.27. The standard InChI is InChI=1S/C19H19NO3/c21-18(22)12-17(20-19(23)14-7-1-2-8-14)16-11-5-9-13-6-3-4-10-15(13)16/h1-6,9-11,14,17H,7-8,12H2,(H,20,23)(H,21,22)/t17-/m1/s1. The van der Waals surface area contributed by atoms with E-state index in [1.165, 1.54) is 0 Å². The van der Waals surface area contributed by atoms with E-state index in [4.69, 9.17) is 0 Å². The lowest BCUT2D eigenvalue weighted by Crippen LogP contribution is -2.34. The predicted molar refractivity (Wildman–Crippen MR) is 88.9 cm³/mol. The quantitative estimate of drug-likeness (QED) is 0.831. The van der Waals surface area contributed by atoms with Crippen molar-refractivity contribution in [1.29, 1.82) is 0 Å². The Morgan fingerprint density at radius 1 is 1.09 bits per heavy atom. The molecule has 118 valence electrons. The summed E-state index contributed by atoms with van der Waals surface area (Å²) in [6.45, 7) is 0. The van der Waals surface area contributed by atoms with Crippen molar-refractivity contribution in [3.05, 3.63) is 60.2 Å². The summed E-state index contributed by atoms with van der Waals surface area (Å²) in [6.07, 6.45) is 5.31. The molecule has 2 aromatic carbocycles. The first-order chi connectivity index (χ1) is 11.1. The molecule has 0 bridgehead atoms. The van der Waals surface area contributed by atoms with E-state index in [2.05, 4.69) is 5.32 Å². The normalized spacial score (nSPS) is 15.7. The second-order valence-corrected chi connectivity index (χ2v) is 5.87. The molecule has 2 aromatic rings. The molecule has 0 radical (unpaired) electrons. The predicted octanol–water partition coefficient (Wildman–Crippen LogP) is 3.44. The van der Waals surface area contributed by atoms with Gasteiger partial charge in [-0.3, -0.25) is 9.59 Å². The first-order valence-electron chi connectivity index (χ1n) is 7.80. The van der Waals surface area contributed by atoms with Crippen molar-refractivity contribution >= 4 is 22.6 Å². The molecule has 1 atom stereocenters. The largest absolute Gasteiger partial charge is 0.481 e. The number of allylic oxidation sites excluding steroid dienone is 2. The van der Waals surface area contributed by atoms with Gasteiger partial charge in [0.15, 0.2) is 0 Å². The number of hydrogen-bond donors (Lipinski definition) is 2. The van der Waals surface area contributed by atoms with E-state index >= 15 is 0 Å². The van der Waals surface area contributed by atoms with E-state index in [0.29, 0.717) is 0 Å². The fraction of sp³-hybridized carbons (Fsp3) is 0.263. The minimum Gasteiger partial charge on any atom is -0.481 e. The molecule has 4 heteroatoms. The Kier molecular flexibility index (Phi) is 4.42. The average molecular weight is 309 g/mol. The zero-order valence-electron chi connectivity index (χ0n) is 12.7. The van der Waals surface area contributed by atoms with Crippen LogP contribution in [0.5, 0.6) is 0 Å². The van der Waals surface area contributed by atoms with Crippen LogP contribution in [0.25, 0.3) is 10.8 Å². The first kappa shape index (κ1) is 15.3. The monoisotopic (exact) mass is 309 g/mol. The van der Waals surface area contributed by atoms with Gasteiger partial charge in [0.1, 0.15) is 0 Å². The molecule has 1 aliphatic rings. The van der Waals surface area contributed by atoms with Crippen LogP contribution in [-0.2, 0) is 9.59 Å². The van der Waals surface area contributed by atoms with Gasteiger partial charge >= 0.3 is 5.97 Å². The van der Waals surface area contributed by atoms with Crippen molar-refractivity contribution in [2.75, 3.05) is 0 Å². The number of carbonyl (C=O) groups is 2. The van der Waals surface area contributed by atoms with Crippen molar-refractivity contribution in [3.8, 4) is 0 Å². The number of rotatable bonds is 5. The molecular formula is C19H19NO3. The molecule has 1 aliphatic carbocycles. The molecule has 0 aliphatic heterocycles.